The van der Waals surface area contributed by atoms with E-state index in [0.717, 1.165) is 36.0 Å². The topological polar surface area (TPSA) is 68.6 Å². The number of nitrogens with zero attached hydrogens (tertiary/aromatic N) is 3. The van der Waals surface area contributed by atoms with Crippen molar-refractivity contribution in [2.75, 3.05) is 20.3 Å². The largest absolute Gasteiger partial charge is 0.497 e. The molecule has 3 atom stereocenters. The number of benzene rings is 2. The molecule has 2 aromatic carbocycles. The number of ether oxygens (including phenoxy) is 2. The Labute approximate surface area is 194 Å². The lowest BCUT2D eigenvalue weighted by molar-refractivity contribution is -0.0843. The average Bonchev–Trinajstić information content (AvgIpc) is 3.19. The molecule has 1 N–H and O–H groups in total. The first-order valence-electron chi connectivity index (χ1n) is 11.5. The van der Waals surface area contributed by atoms with Crippen LogP contribution in [-0.2, 0) is 17.8 Å². The molecule has 0 spiro atoms. The van der Waals surface area contributed by atoms with Gasteiger partial charge in [0, 0.05) is 30.1 Å². The van der Waals surface area contributed by atoms with Crippen molar-refractivity contribution in [1.82, 2.24) is 20.0 Å². The van der Waals surface area contributed by atoms with E-state index in [4.69, 9.17) is 9.47 Å². The van der Waals surface area contributed by atoms with E-state index >= 15 is 0 Å². The molecule has 3 heterocycles. The van der Waals surface area contributed by atoms with Gasteiger partial charge in [-0.1, -0.05) is 36.4 Å². The van der Waals surface area contributed by atoms with Crippen molar-refractivity contribution in [3.8, 4) is 5.75 Å². The molecule has 2 aliphatic rings. The number of carbonyl (C=O) groups is 1. The molecular formula is C26H30N4O3. The normalized spacial score (nSPS) is 22.8. The second-order valence-electron chi connectivity index (χ2n) is 8.85. The first kappa shape index (κ1) is 21.7. The molecule has 3 aromatic rings. The molecule has 172 valence electrons. The minimum Gasteiger partial charge on any atom is -0.497 e. The minimum atomic E-state index is -0.112. The lowest BCUT2D eigenvalue weighted by atomic mass is 9.89. The summed E-state index contributed by atoms with van der Waals surface area (Å²) in [7, 11) is 1.69. The smallest absolute Gasteiger partial charge is 0.272 e. The van der Waals surface area contributed by atoms with E-state index in [-0.39, 0.29) is 24.0 Å². The maximum Gasteiger partial charge on any atom is 0.272 e. The Balaban J connectivity index is 1.30. The van der Waals surface area contributed by atoms with E-state index in [1.807, 2.05) is 41.1 Å². The molecule has 5 rings (SSSR count). The van der Waals surface area contributed by atoms with Crippen LogP contribution in [0.15, 0.2) is 61.2 Å². The van der Waals surface area contributed by atoms with E-state index in [0.29, 0.717) is 25.5 Å². The van der Waals surface area contributed by atoms with Crippen LogP contribution in [0, 0.1) is 0 Å². The number of piperidine rings is 1. The molecular weight excluding hydrogens is 416 g/mol. The lowest BCUT2D eigenvalue weighted by Gasteiger charge is -2.48. The first-order chi connectivity index (χ1) is 16.2. The zero-order valence-electron chi connectivity index (χ0n) is 18.9. The van der Waals surface area contributed by atoms with Crippen LogP contribution in [0.3, 0.4) is 0 Å². The van der Waals surface area contributed by atoms with Crippen LogP contribution in [0.25, 0.3) is 10.9 Å². The monoisotopic (exact) mass is 446 g/mol. The number of methoxy groups -OCH3 is 1. The molecule has 1 aromatic heterocycles. The van der Waals surface area contributed by atoms with Crippen LogP contribution in [-0.4, -0.2) is 59.0 Å². The van der Waals surface area contributed by atoms with Gasteiger partial charge in [0.2, 0.25) is 0 Å². The highest BCUT2D eigenvalue weighted by molar-refractivity contribution is 6.05. The first-order valence-corrected chi connectivity index (χ1v) is 11.5. The van der Waals surface area contributed by atoms with E-state index < -0.39 is 0 Å². The molecule has 2 bridgehead atoms. The van der Waals surface area contributed by atoms with Gasteiger partial charge in [0.25, 0.3) is 5.91 Å². The van der Waals surface area contributed by atoms with Crippen LogP contribution in [0.1, 0.15) is 28.9 Å². The summed E-state index contributed by atoms with van der Waals surface area (Å²) in [6.07, 6.45) is 3.51. The molecule has 1 amide bonds. The van der Waals surface area contributed by atoms with E-state index in [1.165, 1.54) is 5.56 Å². The molecule has 0 aliphatic carbocycles. The van der Waals surface area contributed by atoms with Crippen molar-refractivity contribution in [3.05, 3.63) is 72.4 Å². The summed E-state index contributed by atoms with van der Waals surface area (Å²) in [6, 6.07) is 16.7. The van der Waals surface area contributed by atoms with Gasteiger partial charge < -0.3 is 14.8 Å². The Bertz CT molecular complexity index is 1140. The number of carbonyl (C=O) groups excluding carboxylic acids is 1. The van der Waals surface area contributed by atoms with Gasteiger partial charge in [-0.3, -0.25) is 14.4 Å². The third-order valence-corrected chi connectivity index (χ3v) is 6.68. The van der Waals surface area contributed by atoms with Crippen molar-refractivity contribution < 1.29 is 14.3 Å². The Kier molecular flexibility index (Phi) is 6.15. The summed E-state index contributed by atoms with van der Waals surface area (Å²) in [4.78, 5) is 15.8. The molecule has 2 aliphatic heterocycles. The summed E-state index contributed by atoms with van der Waals surface area (Å²) < 4.78 is 13.1. The predicted molar refractivity (Wildman–Crippen MR) is 127 cm³/mol. The Hall–Kier alpha value is -3.16. The Morgan fingerprint density at radius 3 is 2.76 bits per heavy atom. The van der Waals surface area contributed by atoms with Gasteiger partial charge in [0.15, 0.2) is 5.69 Å². The molecule has 7 nitrogen and oxygen atoms in total. The average molecular weight is 447 g/mol. The Morgan fingerprint density at radius 2 is 2.00 bits per heavy atom. The summed E-state index contributed by atoms with van der Waals surface area (Å²) >= 11 is 0. The number of fused-ring (bicyclic) bond motifs is 3. The van der Waals surface area contributed by atoms with Crippen molar-refractivity contribution in [2.45, 2.75) is 44.1 Å². The lowest BCUT2D eigenvalue weighted by Crippen LogP contribution is -2.60. The fourth-order valence-electron chi connectivity index (χ4n) is 5.16. The van der Waals surface area contributed by atoms with Crippen molar-refractivity contribution in [1.29, 1.82) is 0 Å². The third-order valence-electron chi connectivity index (χ3n) is 6.68. The van der Waals surface area contributed by atoms with Crippen LogP contribution in [0.5, 0.6) is 5.75 Å². The number of morpholine rings is 1. The molecule has 2 fully saturated rings. The van der Waals surface area contributed by atoms with Crippen molar-refractivity contribution in [2.24, 2.45) is 0 Å². The van der Waals surface area contributed by atoms with Gasteiger partial charge >= 0.3 is 0 Å². The highest BCUT2D eigenvalue weighted by Crippen LogP contribution is 2.30. The molecule has 7 heteroatoms. The number of nitrogens with one attached hydrogen (secondary N) is 1. The van der Waals surface area contributed by atoms with Gasteiger partial charge in [0.05, 0.1) is 32.4 Å². The molecule has 0 saturated carbocycles. The SMILES string of the molecule is C=CCn1nc(C(=O)N[C@H]2C[C@H]3COC[C@@H](C2)N3Cc2cccc(OC)c2)c2ccccc21. The maximum atomic E-state index is 13.2. The van der Waals surface area contributed by atoms with Crippen molar-refractivity contribution >= 4 is 16.8 Å². The molecule has 2 saturated heterocycles. The highest BCUT2D eigenvalue weighted by Gasteiger charge is 2.39. The number of para-hydroxylation sites is 1. The summed E-state index contributed by atoms with van der Waals surface area (Å²) in [6.45, 7) is 6.59. The van der Waals surface area contributed by atoms with Gasteiger partial charge in [0.1, 0.15) is 5.75 Å². The van der Waals surface area contributed by atoms with Crippen LogP contribution in [0.2, 0.25) is 0 Å². The Morgan fingerprint density at radius 1 is 1.21 bits per heavy atom. The predicted octanol–water partition coefficient (Wildman–Crippen LogP) is 3.39. The minimum absolute atomic E-state index is 0.0984. The van der Waals surface area contributed by atoms with Crippen LogP contribution >= 0.6 is 0 Å². The van der Waals surface area contributed by atoms with Gasteiger partial charge in [-0.25, -0.2) is 0 Å². The zero-order chi connectivity index (χ0) is 22.8. The van der Waals surface area contributed by atoms with Crippen LogP contribution < -0.4 is 10.1 Å². The van der Waals surface area contributed by atoms with E-state index in [1.54, 1.807) is 13.2 Å². The highest BCUT2D eigenvalue weighted by atomic mass is 16.5. The second-order valence-corrected chi connectivity index (χ2v) is 8.85. The summed E-state index contributed by atoms with van der Waals surface area (Å²) in [5.41, 5.74) is 2.65. The van der Waals surface area contributed by atoms with Crippen LogP contribution in [0.4, 0.5) is 0 Å². The quantitative estimate of drug-likeness (QED) is 0.564. The molecule has 0 radical (unpaired) electrons. The van der Waals surface area contributed by atoms with E-state index in [9.17, 15) is 4.79 Å². The zero-order valence-corrected chi connectivity index (χ0v) is 18.9. The van der Waals surface area contributed by atoms with Gasteiger partial charge in [-0.2, -0.15) is 5.10 Å². The number of allylic oxidation sites excluding steroid dienone is 1. The molecule has 33 heavy (non-hydrogen) atoms. The van der Waals surface area contributed by atoms with Crippen molar-refractivity contribution in [3.63, 3.8) is 0 Å². The third kappa shape index (κ3) is 4.38. The fourth-order valence-corrected chi connectivity index (χ4v) is 5.16. The van der Waals surface area contributed by atoms with E-state index in [2.05, 4.69) is 34.0 Å². The number of hydrogen-bond acceptors (Lipinski definition) is 5. The standard InChI is InChI=1S/C26H30N4O3/c1-3-11-30-24-10-5-4-9-23(24)25(28-30)26(31)27-19-13-20-16-33-17-21(14-19)29(20)15-18-7-6-8-22(12-18)32-2/h3-10,12,19-21H,1,11,13-17H2,2H3,(H,27,31)/t19-,20-,21+. The van der Waals surface area contributed by atoms with Gasteiger partial charge in [-0.05, 0) is 36.6 Å². The fraction of sp³-hybridized carbons (Fsp3) is 0.385. The number of rotatable bonds is 7. The van der Waals surface area contributed by atoms with Gasteiger partial charge in [-0.15, -0.1) is 6.58 Å². The number of amides is 1. The molecule has 0 unspecified atom stereocenters. The summed E-state index contributed by atoms with van der Waals surface area (Å²) in [5.74, 6) is 0.762. The second kappa shape index (κ2) is 9.37. The summed E-state index contributed by atoms with van der Waals surface area (Å²) in [5, 5.41) is 8.73. The maximum absolute atomic E-state index is 13.2. The number of aromatic nitrogens is 2. The number of hydrogen-bond donors (Lipinski definition) is 1.